The lowest BCUT2D eigenvalue weighted by Crippen LogP contribution is -2.07. The van der Waals surface area contributed by atoms with E-state index in [-0.39, 0.29) is 5.52 Å². The second-order valence-corrected chi connectivity index (χ2v) is 10.1. The molecular formula is C32H26BrF3N2O. The predicted molar refractivity (Wildman–Crippen MR) is 154 cm³/mol. The van der Waals surface area contributed by atoms with Gasteiger partial charge in [0.1, 0.15) is 5.75 Å². The molecule has 5 aromatic rings. The first-order chi connectivity index (χ1) is 18.8. The van der Waals surface area contributed by atoms with Crippen LogP contribution in [0, 0.1) is 0 Å². The Balaban J connectivity index is 1.58. The van der Waals surface area contributed by atoms with Crippen LogP contribution in [-0.2, 0) is 19.1 Å². The first-order valence-electron chi connectivity index (χ1n) is 12.6. The highest BCUT2D eigenvalue weighted by molar-refractivity contribution is 9.10. The Bertz CT molecular complexity index is 1600. The minimum atomic E-state index is -4.50. The summed E-state index contributed by atoms with van der Waals surface area (Å²) in [6, 6.07) is 27.8. The zero-order valence-corrected chi connectivity index (χ0v) is 22.8. The lowest BCUT2D eigenvalue weighted by Gasteiger charge is -2.17. The van der Waals surface area contributed by atoms with E-state index in [9.17, 15) is 13.2 Å². The normalized spacial score (nSPS) is 11.5. The number of para-hydroxylation sites is 1. The fourth-order valence-corrected chi connectivity index (χ4v) is 5.16. The molecule has 0 radical (unpaired) electrons. The second-order valence-electron chi connectivity index (χ2n) is 9.14. The maximum absolute atomic E-state index is 13.9. The number of nitrogens with zero attached hydrogens (tertiary/aromatic N) is 1. The first kappa shape index (κ1) is 26.8. The predicted octanol–water partition coefficient (Wildman–Crippen LogP) is 9.28. The number of alkyl halides is 3. The van der Waals surface area contributed by atoms with Crippen LogP contribution in [0.1, 0.15) is 29.2 Å². The van der Waals surface area contributed by atoms with Gasteiger partial charge in [-0.3, -0.25) is 4.98 Å². The van der Waals surface area contributed by atoms with E-state index < -0.39 is 11.7 Å². The summed E-state index contributed by atoms with van der Waals surface area (Å²) in [7, 11) is 0. The number of rotatable bonds is 8. The number of ether oxygens (including phenoxy) is 1. The molecule has 39 heavy (non-hydrogen) atoms. The monoisotopic (exact) mass is 590 g/mol. The summed E-state index contributed by atoms with van der Waals surface area (Å²) >= 11 is 3.52. The molecule has 1 N–H and O–H groups in total. The van der Waals surface area contributed by atoms with Crippen molar-refractivity contribution in [2.75, 3.05) is 11.9 Å². The highest BCUT2D eigenvalue weighted by Crippen LogP contribution is 2.39. The lowest BCUT2D eigenvalue weighted by atomic mass is 9.91. The van der Waals surface area contributed by atoms with Crippen molar-refractivity contribution in [3.8, 4) is 16.9 Å². The molecule has 4 aromatic carbocycles. The van der Waals surface area contributed by atoms with Crippen molar-refractivity contribution in [1.82, 2.24) is 4.98 Å². The van der Waals surface area contributed by atoms with Crippen molar-refractivity contribution in [3.05, 3.63) is 124 Å². The summed E-state index contributed by atoms with van der Waals surface area (Å²) in [5.41, 5.74) is 4.52. The number of hydrogen-bond donors (Lipinski definition) is 1. The minimum Gasteiger partial charge on any atom is -0.494 e. The number of pyridine rings is 1. The maximum atomic E-state index is 13.9. The highest BCUT2D eigenvalue weighted by Gasteiger charge is 2.33. The zero-order chi connectivity index (χ0) is 27.4. The molecule has 0 aliphatic carbocycles. The van der Waals surface area contributed by atoms with Crippen molar-refractivity contribution in [2.45, 2.75) is 26.1 Å². The topological polar surface area (TPSA) is 34.1 Å². The van der Waals surface area contributed by atoms with Crippen molar-refractivity contribution in [1.29, 1.82) is 0 Å². The average molecular weight is 591 g/mol. The summed E-state index contributed by atoms with van der Waals surface area (Å²) in [5.74, 6) is 0.800. The van der Waals surface area contributed by atoms with Crippen LogP contribution in [-0.4, -0.2) is 11.6 Å². The van der Waals surface area contributed by atoms with Crippen LogP contribution >= 0.6 is 15.9 Å². The van der Waals surface area contributed by atoms with Gasteiger partial charge in [-0.25, -0.2) is 0 Å². The number of fused-ring (bicyclic) bond motifs is 1. The highest BCUT2D eigenvalue weighted by atomic mass is 79.9. The van der Waals surface area contributed by atoms with Gasteiger partial charge in [0.15, 0.2) is 0 Å². The van der Waals surface area contributed by atoms with Gasteiger partial charge in [-0.1, -0.05) is 70.5 Å². The van der Waals surface area contributed by atoms with E-state index in [4.69, 9.17) is 4.74 Å². The molecule has 0 aliphatic heterocycles. The van der Waals surface area contributed by atoms with Crippen LogP contribution in [0.2, 0.25) is 0 Å². The standard InChI is InChI=1S/C32H26BrF3N2O/c1-2-39-29-15-14-25(33)17-23(29)19-37-26-11-6-10-22(18-26)30-24(16-21-8-4-3-5-9-21)20-38-31-27(30)12-7-13-28(31)32(34,35)36/h3-15,17-18,20,37H,2,16,19H2,1H3. The number of nitrogens with one attached hydrogen (secondary N) is 1. The quantitative estimate of drug-likeness (QED) is 0.195. The molecule has 0 aliphatic rings. The van der Waals surface area contributed by atoms with E-state index in [2.05, 4.69) is 26.2 Å². The Morgan fingerprint density at radius 1 is 0.872 bits per heavy atom. The van der Waals surface area contributed by atoms with E-state index in [1.807, 2.05) is 79.7 Å². The third kappa shape index (κ3) is 6.09. The number of anilines is 1. The van der Waals surface area contributed by atoms with Crippen molar-refractivity contribution in [2.24, 2.45) is 0 Å². The lowest BCUT2D eigenvalue weighted by molar-refractivity contribution is -0.136. The van der Waals surface area contributed by atoms with Crippen LogP contribution < -0.4 is 10.1 Å². The van der Waals surface area contributed by atoms with Crippen LogP contribution in [0.15, 0.2) is 102 Å². The molecule has 0 spiro atoms. The van der Waals surface area contributed by atoms with Crippen molar-refractivity contribution in [3.63, 3.8) is 0 Å². The molecule has 3 nitrogen and oxygen atoms in total. The SMILES string of the molecule is CCOc1ccc(Br)cc1CNc1cccc(-c2c(Cc3ccccc3)cnc3c(C(F)(F)F)cccc23)c1. The Hall–Kier alpha value is -3.84. The smallest absolute Gasteiger partial charge is 0.418 e. The third-order valence-corrected chi connectivity index (χ3v) is 6.97. The van der Waals surface area contributed by atoms with Crippen molar-refractivity contribution >= 4 is 32.5 Å². The van der Waals surface area contributed by atoms with Gasteiger partial charge >= 0.3 is 6.18 Å². The van der Waals surface area contributed by atoms with E-state index in [1.165, 1.54) is 6.07 Å². The largest absolute Gasteiger partial charge is 0.494 e. The zero-order valence-electron chi connectivity index (χ0n) is 21.2. The van der Waals surface area contributed by atoms with E-state index in [0.717, 1.165) is 49.8 Å². The number of aromatic nitrogens is 1. The van der Waals surface area contributed by atoms with E-state index >= 15 is 0 Å². The summed E-state index contributed by atoms with van der Waals surface area (Å²) in [6.07, 6.45) is -2.38. The molecule has 7 heteroatoms. The molecule has 0 amide bonds. The van der Waals surface area contributed by atoms with Gasteiger partial charge in [0.2, 0.25) is 0 Å². The fourth-order valence-electron chi connectivity index (χ4n) is 4.75. The van der Waals surface area contributed by atoms with E-state index in [1.54, 1.807) is 12.3 Å². The Labute approximate surface area is 233 Å². The number of benzene rings is 4. The minimum absolute atomic E-state index is 0.0503. The Morgan fingerprint density at radius 3 is 2.44 bits per heavy atom. The molecule has 0 fully saturated rings. The summed E-state index contributed by atoms with van der Waals surface area (Å²) < 4.78 is 48.4. The summed E-state index contributed by atoms with van der Waals surface area (Å²) in [5, 5.41) is 3.93. The van der Waals surface area contributed by atoms with Crippen LogP contribution in [0.4, 0.5) is 18.9 Å². The van der Waals surface area contributed by atoms with Gasteiger partial charge in [-0.05, 0) is 72.0 Å². The van der Waals surface area contributed by atoms with Crippen LogP contribution in [0.25, 0.3) is 22.0 Å². The molecule has 0 unspecified atom stereocenters. The van der Waals surface area contributed by atoms with Crippen LogP contribution in [0.5, 0.6) is 5.75 Å². The Morgan fingerprint density at radius 2 is 1.67 bits per heavy atom. The molecule has 1 aromatic heterocycles. The van der Waals surface area contributed by atoms with Gasteiger partial charge in [0, 0.05) is 33.9 Å². The second kappa shape index (κ2) is 11.5. The van der Waals surface area contributed by atoms with Gasteiger partial charge in [0.05, 0.1) is 17.7 Å². The first-order valence-corrected chi connectivity index (χ1v) is 13.4. The van der Waals surface area contributed by atoms with Gasteiger partial charge in [-0.15, -0.1) is 0 Å². The fraction of sp³-hybridized carbons (Fsp3) is 0.156. The van der Waals surface area contributed by atoms with Gasteiger partial charge in [-0.2, -0.15) is 13.2 Å². The summed E-state index contributed by atoms with van der Waals surface area (Å²) in [6.45, 7) is 3.02. The Kier molecular flexibility index (Phi) is 7.89. The molecule has 1 heterocycles. The number of hydrogen-bond acceptors (Lipinski definition) is 3. The van der Waals surface area contributed by atoms with E-state index in [0.29, 0.717) is 25.0 Å². The molecular weight excluding hydrogens is 565 g/mol. The van der Waals surface area contributed by atoms with Crippen molar-refractivity contribution < 1.29 is 17.9 Å². The molecule has 0 atom stereocenters. The van der Waals surface area contributed by atoms with Gasteiger partial charge in [0.25, 0.3) is 0 Å². The maximum Gasteiger partial charge on any atom is 0.418 e. The number of halogens is 4. The third-order valence-electron chi connectivity index (χ3n) is 6.48. The van der Waals surface area contributed by atoms with Crippen LogP contribution in [0.3, 0.4) is 0 Å². The molecule has 198 valence electrons. The molecule has 5 rings (SSSR count). The van der Waals surface area contributed by atoms with Gasteiger partial charge < -0.3 is 10.1 Å². The molecule has 0 saturated heterocycles. The molecule has 0 saturated carbocycles. The summed E-state index contributed by atoms with van der Waals surface area (Å²) in [4.78, 5) is 4.31. The average Bonchev–Trinajstić information content (AvgIpc) is 2.93. The molecule has 0 bridgehead atoms.